The Kier molecular flexibility index (Phi) is 5.22. The molecule has 1 saturated heterocycles. The quantitative estimate of drug-likeness (QED) is 0.878. The molecule has 1 unspecified atom stereocenters. The van der Waals surface area contributed by atoms with Crippen LogP contribution in [0.2, 0.25) is 0 Å². The number of carbonyl (C=O) groups is 1. The van der Waals surface area contributed by atoms with E-state index in [2.05, 4.69) is 21.9 Å². The molecule has 2 heterocycles. The molecule has 1 fully saturated rings. The number of aromatic nitrogens is 3. The predicted octanol–water partition coefficient (Wildman–Crippen LogP) is 0.796. The maximum Gasteiger partial charge on any atom is 0.254 e. The van der Waals surface area contributed by atoms with Crippen molar-refractivity contribution < 1.29 is 9.90 Å². The van der Waals surface area contributed by atoms with E-state index in [1.165, 1.54) is 6.33 Å². The van der Waals surface area contributed by atoms with Crippen molar-refractivity contribution in [3.63, 3.8) is 0 Å². The van der Waals surface area contributed by atoms with E-state index in [0.29, 0.717) is 18.7 Å². The lowest BCUT2D eigenvalue weighted by Gasteiger charge is -2.38. The topological polar surface area (TPSA) is 74.5 Å². The Bertz CT molecular complexity index is 661. The standard InChI is InChI=1S/C17H23N5O2/c1-2-15(11-23)20-6-8-21(9-7-20)17(24)14-4-3-5-16(10-14)22-13-18-12-19-22/h3-5,10,12-13,15,23H,2,6-9,11H2,1H3. The molecule has 1 amide bonds. The lowest BCUT2D eigenvalue weighted by atomic mass is 10.1. The third kappa shape index (κ3) is 3.47. The second-order valence-electron chi connectivity index (χ2n) is 5.96. The summed E-state index contributed by atoms with van der Waals surface area (Å²) in [5, 5.41) is 13.5. The van der Waals surface area contributed by atoms with Crippen LogP contribution < -0.4 is 0 Å². The fraction of sp³-hybridized carbons (Fsp3) is 0.471. The maximum atomic E-state index is 12.7. The van der Waals surface area contributed by atoms with Gasteiger partial charge in [-0.1, -0.05) is 13.0 Å². The Morgan fingerprint density at radius 1 is 1.29 bits per heavy atom. The molecule has 1 aromatic carbocycles. The first-order chi connectivity index (χ1) is 11.7. The third-order valence-corrected chi connectivity index (χ3v) is 4.58. The van der Waals surface area contributed by atoms with E-state index < -0.39 is 0 Å². The summed E-state index contributed by atoms with van der Waals surface area (Å²) in [6.07, 6.45) is 4.01. The van der Waals surface area contributed by atoms with Crippen LogP contribution in [0.3, 0.4) is 0 Å². The zero-order chi connectivity index (χ0) is 16.9. The summed E-state index contributed by atoms with van der Waals surface area (Å²) < 4.78 is 1.64. The number of aliphatic hydroxyl groups is 1. The van der Waals surface area contributed by atoms with Gasteiger partial charge in [0, 0.05) is 37.8 Å². The van der Waals surface area contributed by atoms with Crippen LogP contribution in [0.15, 0.2) is 36.9 Å². The zero-order valence-electron chi connectivity index (χ0n) is 13.9. The van der Waals surface area contributed by atoms with Crippen LogP contribution in [0.4, 0.5) is 0 Å². The molecule has 0 bridgehead atoms. The SMILES string of the molecule is CCC(CO)N1CCN(C(=O)c2cccc(-n3cncn3)c2)CC1. The molecule has 3 rings (SSSR count). The second kappa shape index (κ2) is 7.55. The second-order valence-corrected chi connectivity index (χ2v) is 5.96. The largest absolute Gasteiger partial charge is 0.395 e. The van der Waals surface area contributed by atoms with Crippen LogP contribution in [0.5, 0.6) is 0 Å². The monoisotopic (exact) mass is 329 g/mol. The number of rotatable bonds is 5. The minimum absolute atomic E-state index is 0.0358. The molecule has 7 heteroatoms. The van der Waals surface area contributed by atoms with Gasteiger partial charge >= 0.3 is 0 Å². The number of carbonyl (C=O) groups excluding carboxylic acids is 1. The molecule has 0 saturated carbocycles. The van der Waals surface area contributed by atoms with E-state index >= 15 is 0 Å². The van der Waals surface area contributed by atoms with Gasteiger partial charge in [-0.15, -0.1) is 0 Å². The van der Waals surface area contributed by atoms with E-state index in [1.54, 1.807) is 11.0 Å². The predicted molar refractivity (Wildman–Crippen MR) is 90.0 cm³/mol. The van der Waals surface area contributed by atoms with Crippen LogP contribution in [0, 0.1) is 0 Å². The number of amides is 1. The molecule has 0 aliphatic carbocycles. The van der Waals surface area contributed by atoms with Crippen molar-refractivity contribution >= 4 is 5.91 Å². The lowest BCUT2D eigenvalue weighted by Crippen LogP contribution is -2.52. The average Bonchev–Trinajstić information content (AvgIpc) is 3.18. The molecule has 1 aliphatic heterocycles. The van der Waals surface area contributed by atoms with Crippen molar-refractivity contribution in [1.29, 1.82) is 0 Å². The number of aliphatic hydroxyl groups excluding tert-OH is 1. The van der Waals surface area contributed by atoms with Gasteiger partial charge in [-0.05, 0) is 24.6 Å². The number of benzene rings is 1. The molecule has 128 valence electrons. The highest BCUT2D eigenvalue weighted by Crippen LogP contribution is 2.15. The summed E-state index contributed by atoms with van der Waals surface area (Å²) in [5.74, 6) is 0.0358. The summed E-state index contributed by atoms with van der Waals surface area (Å²) in [6.45, 7) is 5.21. The third-order valence-electron chi connectivity index (χ3n) is 4.58. The highest BCUT2D eigenvalue weighted by Gasteiger charge is 2.25. The van der Waals surface area contributed by atoms with Gasteiger partial charge in [0.15, 0.2) is 0 Å². The van der Waals surface area contributed by atoms with Crippen molar-refractivity contribution in [3.05, 3.63) is 42.5 Å². The Balaban J connectivity index is 1.67. The Hall–Kier alpha value is -2.25. The fourth-order valence-corrected chi connectivity index (χ4v) is 3.10. The van der Waals surface area contributed by atoms with Crippen LogP contribution in [-0.2, 0) is 0 Å². The average molecular weight is 329 g/mol. The van der Waals surface area contributed by atoms with Gasteiger partial charge in [-0.3, -0.25) is 9.69 Å². The molecule has 1 aromatic heterocycles. The van der Waals surface area contributed by atoms with Crippen molar-refractivity contribution in [2.75, 3.05) is 32.8 Å². The molecule has 1 aliphatic rings. The van der Waals surface area contributed by atoms with E-state index in [1.807, 2.05) is 29.2 Å². The van der Waals surface area contributed by atoms with Crippen molar-refractivity contribution in [2.45, 2.75) is 19.4 Å². The van der Waals surface area contributed by atoms with Crippen molar-refractivity contribution in [2.24, 2.45) is 0 Å². The van der Waals surface area contributed by atoms with Crippen LogP contribution in [-0.4, -0.2) is 74.4 Å². The summed E-state index contributed by atoms with van der Waals surface area (Å²) in [5.41, 5.74) is 1.48. The molecule has 0 spiro atoms. The molecule has 1 N–H and O–H groups in total. The van der Waals surface area contributed by atoms with E-state index in [0.717, 1.165) is 25.2 Å². The van der Waals surface area contributed by atoms with Gasteiger partial charge in [-0.2, -0.15) is 5.10 Å². The highest BCUT2D eigenvalue weighted by atomic mass is 16.3. The van der Waals surface area contributed by atoms with Gasteiger partial charge in [0.25, 0.3) is 5.91 Å². The number of nitrogens with zero attached hydrogens (tertiary/aromatic N) is 5. The van der Waals surface area contributed by atoms with Crippen LogP contribution in [0.1, 0.15) is 23.7 Å². The van der Waals surface area contributed by atoms with Crippen molar-refractivity contribution in [3.8, 4) is 5.69 Å². The molecular formula is C17H23N5O2. The molecular weight excluding hydrogens is 306 g/mol. The summed E-state index contributed by atoms with van der Waals surface area (Å²) in [4.78, 5) is 20.8. The molecule has 1 atom stereocenters. The highest BCUT2D eigenvalue weighted by molar-refractivity contribution is 5.94. The van der Waals surface area contributed by atoms with Crippen LogP contribution >= 0.6 is 0 Å². The van der Waals surface area contributed by atoms with E-state index in [4.69, 9.17) is 0 Å². The van der Waals surface area contributed by atoms with Gasteiger partial charge < -0.3 is 10.0 Å². The summed E-state index contributed by atoms with van der Waals surface area (Å²) in [6, 6.07) is 7.62. The smallest absolute Gasteiger partial charge is 0.254 e. The first kappa shape index (κ1) is 16.6. The molecule has 7 nitrogen and oxygen atoms in total. The van der Waals surface area contributed by atoms with Crippen LogP contribution in [0.25, 0.3) is 5.69 Å². The first-order valence-corrected chi connectivity index (χ1v) is 8.32. The first-order valence-electron chi connectivity index (χ1n) is 8.32. The van der Waals surface area contributed by atoms with E-state index in [-0.39, 0.29) is 18.6 Å². The Labute approximate surface area is 141 Å². The lowest BCUT2D eigenvalue weighted by molar-refractivity contribution is 0.0472. The number of hydrogen-bond acceptors (Lipinski definition) is 5. The summed E-state index contributed by atoms with van der Waals surface area (Å²) >= 11 is 0. The van der Waals surface area contributed by atoms with Gasteiger partial charge in [0.2, 0.25) is 0 Å². The van der Waals surface area contributed by atoms with E-state index in [9.17, 15) is 9.90 Å². The Morgan fingerprint density at radius 2 is 2.08 bits per heavy atom. The van der Waals surface area contributed by atoms with Crippen molar-refractivity contribution in [1.82, 2.24) is 24.6 Å². The maximum absolute atomic E-state index is 12.7. The molecule has 2 aromatic rings. The van der Waals surface area contributed by atoms with Gasteiger partial charge in [0.05, 0.1) is 12.3 Å². The summed E-state index contributed by atoms with van der Waals surface area (Å²) in [7, 11) is 0. The molecule has 0 radical (unpaired) electrons. The minimum atomic E-state index is 0.0358. The fourth-order valence-electron chi connectivity index (χ4n) is 3.10. The van der Waals surface area contributed by atoms with Gasteiger partial charge in [-0.25, -0.2) is 9.67 Å². The normalized spacial score (nSPS) is 17.0. The zero-order valence-corrected chi connectivity index (χ0v) is 13.9. The van der Waals surface area contributed by atoms with Gasteiger partial charge in [0.1, 0.15) is 12.7 Å². The minimum Gasteiger partial charge on any atom is -0.395 e. The number of hydrogen-bond donors (Lipinski definition) is 1. The number of piperazine rings is 1. The Morgan fingerprint density at radius 3 is 2.71 bits per heavy atom. The molecule has 24 heavy (non-hydrogen) atoms.